The number of benzene rings is 2. The van der Waals surface area contributed by atoms with Crippen molar-refractivity contribution in [3.63, 3.8) is 0 Å². The predicted octanol–water partition coefficient (Wildman–Crippen LogP) is 4.55. The summed E-state index contributed by atoms with van der Waals surface area (Å²) < 4.78 is 44.3. The highest BCUT2D eigenvalue weighted by Gasteiger charge is 2.26. The molecule has 0 radical (unpaired) electrons. The van der Waals surface area contributed by atoms with Gasteiger partial charge in [-0.15, -0.1) is 0 Å². The van der Waals surface area contributed by atoms with Gasteiger partial charge in [0.15, 0.2) is 5.69 Å². The number of nitrogens with zero attached hydrogens (tertiary/aromatic N) is 2. The molecule has 1 amide bonds. The van der Waals surface area contributed by atoms with Gasteiger partial charge in [-0.2, -0.15) is 0 Å². The monoisotopic (exact) mass is 538 g/mol. The van der Waals surface area contributed by atoms with Crippen molar-refractivity contribution < 1.29 is 32.6 Å². The van der Waals surface area contributed by atoms with E-state index in [0.29, 0.717) is 29.7 Å². The largest absolute Gasteiger partial charge is 0.497 e. The smallest absolute Gasteiger partial charge is 0.356 e. The number of hydrogen-bond acceptors (Lipinski definition) is 7. The van der Waals surface area contributed by atoms with Crippen LogP contribution in [0.4, 0.5) is 20.2 Å². The molecule has 0 spiro atoms. The first kappa shape index (κ1) is 27.5. The van der Waals surface area contributed by atoms with Crippen LogP contribution in [0.25, 0.3) is 11.0 Å². The summed E-state index contributed by atoms with van der Waals surface area (Å²) in [6, 6.07) is 12.6. The zero-order valence-corrected chi connectivity index (χ0v) is 21.7. The van der Waals surface area contributed by atoms with E-state index in [4.69, 9.17) is 14.2 Å². The molecule has 2 aromatic carbocycles. The van der Waals surface area contributed by atoms with E-state index in [-0.39, 0.29) is 30.1 Å². The number of fused-ring (bicyclic) bond motifs is 1. The Kier molecular flexibility index (Phi) is 8.72. The molecule has 2 aromatic heterocycles. The molecule has 4 rings (SSSR count). The number of hydrogen-bond donors (Lipinski definition) is 2. The molecule has 39 heavy (non-hydrogen) atoms. The summed E-state index contributed by atoms with van der Waals surface area (Å²) in [5.74, 6) is -1.74. The zero-order chi connectivity index (χ0) is 27.9. The predicted molar refractivity (Wildman–Crippen MR) is 142 cm³/mol. The topological polar surface area (TPSA) is 104 Å². The summed E-state index contributed by atoms with van der Waals surface area (Å²) in [6.45, 7) is 0.190. The third kappa shape index (κ3) is 6.32. The molecule has 11 heteroatoms. The molecule has 0 aliphatic carbocycles. The molecule has 0 atom stereocenters. The third-order valence-corrected chi connectivity index (χ3v) is 6.10. The van der Waals surface area contributed by atoms with Gasteiger partial charge in [-0.25, -0.2) is 18.6 Å². The lowest BCUT2D eigenvalue weighted by molar-refractivity contribution is -0.119. The van der Waals surface area contributed by atoms with Gasteiger partial charge in [0.2, 0.25) is 5.91 Å². The molecule has 2 heterocycles. The fraction of sp³-hybridized carbons (Fsp3) is 0.250. The van der Waals surface area contributed by atoms with Gasteiger partial charge in [-0.05, 0) is 36.2 Å². The number of rotatable bonds is 11. The maximum Gasteiger partial charge on any atom is 0.356 e. The summed E-state index contributed by atoms with van der Waals surface area (Å²) >= 11 is 0. The van der Waals surface area contributed by atoms with Crippen LogP contribution in [0.1, 0.15) is 21.6 Å². The van der Waals surface area contributed by atoms with Crippen LogP contribution in [-0.4, -0.2) is 49.4 Å². The number of methoxy groups -OCH3 is 3. The summed E-state index contributed by atoms with van der Waals surface area (Å²) in [7, 11) is 4.23. The van der Waals surface area contributed by atoms with Crippen LogP contribution in [0.5, 0.6) is 5.75 Å². The normalized spacial score (nSPS) is 10.9. The van der Waals surface area contributed by atoms with E-state index in [0.717, 1.165) is 17.4 Å². The Bertz CT molecular complexity index is 1490. The molecule has 0 bridgehead atoms. The van der Waals surface area contributed by atoms with Crippen molar-refractivity contribution in [1.82, 2.24) is 9.55 Å². The highest BCUT2D eigenvalue weighted by Crippen LogP contribution is 2.33. The van der Waals surface area contributed by atoms with Crippen LogP contribution in [0.15, 0.2) is 54.7 Å². The minimum absolute atomic E-state index is 0.0622. The number of carbonyl (C=O) groups excluding carboxylic acids is 2. The summed E-state index contributed by atoms with van der Waals surface area (Å²) in [5.41, 5.74) is 2.54. The molecule has 9 nitrogen and oxygen atoms in total. The van der Waals surface area contributed by atoms with Gasteiger partial charge in [0.25, 0.3) is 0 Å². The number of anilines is 2. The molecule has 2 N–H and O–H groups in total. The standard InChI is InChI=1S/C28H28F2N4O5/c1-37-16-24(35)33-25-22-13-20(31-14-18-6-7-19(29)12-23(18)30)15-32-27(22)34(26(25)28(36)39-3)11-10-17-4-8-21(38-2)9-5-17/h4-9,12-13,15,31H,10-11,14,16H2,1-3H3,(H,33,35). The molecule has 0 saturated carbocycles. The average molecular weight is 539 g/mol. The van der Waals surface area contributed by atoms with Crippen molar-refractivity contribution in [3.05, 3.63) is 83.2 Å². The molecular weight excluding hydrogens is 510 g/mol. The Hall–Kier alpha value is -4.51. The highest BCUT2D eigenvalue weighted by atomic mass is 19.1. The van der Waals surface area contributed by atoms with Gasteiger partial charge in [0.05, 0.1) is 31.8 Å². The van der Waals surface area contributed by atoms with Crippen molar-refractivity contribution in [2.75, 3.05) is 38.6 Å². The second kappa shape index (κ2) is 12.4. The van der Waals surface area contributed by atoms with Gasteiger partial charge in [0, 0.05) is 37.2 Å². The fourth-order valence-electron chi connectivity index (χ4n) is 4.18. The molecule has 0 fully saturated rings. The Labute approximate surface area is 223 Å². The van der Waals surface area contributed by atoms with Crippen molar-refractivity contribution in [3.8, 4) is 5.75 Å². The lowest BCUT2D eigenvalue weighted by Gasteiger charge is -2.11. The fourth-order valence-corrected chi connectivity index (χ4v) is 4.18. The minimum Gasteiger partial charge on any atom is -0.497 e. The van der Waals surface area contributed by atoms with Gasteiger partial charge >= 0.3 is 5.97 Å². The molecule has 204 valence electrons. The molecule has 0 unspecified atom stereocenters. The summed E-state index contributed by atoms with van der Waals surface area (Å²) in [6.07, 6.45) is 2.09. The summed E-state index contributed by atoms with van der Waals surface area (Å²) in [5, 5.41) is 6.28. The first-order valence-corrected chi connectivity index (χ1v) is 12.0. The number of aryl methyl sites for hydroxylation is 2. The number of amides is 1. The number of aromatic nitrogens is 2. The number of halogens is 2. The van der Waals surface area contributed by atoms with Crippen molar-refractivity contribution in [2.24, 2.45) is 0 Å². The average Bonchev–Trinajstić information content (AvgIpc) is 3.23. The van der Waals surface area contributed by atoms with Crippen LogP contribution < -0.4 is 15.4 Å². The van der Waals surface area contributed by atoms with Crippen molar-refractivity contribution in [1.29, 1.82) is 0 Å². The van der Waals surface area contributed by atoms with Crippen LogP contribution in [-0.2, 0) is 33.8 Å². The number of esters is 1. The molecule has 4 aromatic rings. The van der Waals surface area contributed by atoms with E-state index in [1.165, 1.54) is 32.5 Å². The van der Waals surface area contributed by atoms with E-state index >= 15 is 0 Å². The third-order valence-electron chi connectivity index (χ3n) is 6.10. The SMILES string of the molecule is COCC(=O)Nc1c(C(=O)OC)n(CCc2ccc(OC)cc2)c2ncc(NCc3ccc(F)cc3F)cc12. The van der Waals surface area contributed by atoms with Crippen LogP contribution in [0.2, 0.25) is 0 Å². The number of carbonyl (C=O) groups is 2. The Morgan fingerprint density at radius 2 is 1.79 bits per heavy atom. The first-order chi connectivity index (χ1) is 18.8. The van der Waals surface area contributed by atoms with E-state index < -0.39 is 23.5 Å². The van der Waals surface area contributed by atoms with Crippen LogP contribution >= 0.6 is 0 Å². The Morgan fingerprint density at radius 3 is 2.46 bits per heavy atom. The Morgan fingerprint density at radius 1 is 1.03 bits per heavy atom. The first-order valence-electron chi connectivity index (χ1n) is 12.0. The second-order valence-corrected chi connectivity index (χ2v) is 8.63. The zero-order valence-electron chi connectivity index (χ0n) is 21.7. The minimum atomic E-state index is -0.679. The van der Waals surface area contributed by atoms with Crippen LogP contribution in [0, 0.1) is 11.6 Å². The van der Waals surface area contributed by atoms with Crippen molar-refractivity contribution in [2.45, 2.75) is 19.5 Å². The van der Waals surface area contributed by atoms with E-state index in [1.807, 2.05) is 24.3 Å². The number of pyridine rings is 1. The Balaban J connectivity index is 1.73. The van der Waals surface area contributed by atoms with E-state index in [2.05, 4.69) is 15.6 Å². The summed E-state index contributed by atoms with van der Waals surface area (Å²) in [4.78, 5) is 30.0. The molecule has 0 aliphatic rings. The van der Waals surface area contributed by atoms with E-state index in [9.17, 15) is 18.4 Å². The maximum absolute atomic E-state index is 14.1. The van der Waals surface area contributed by atoms with Crippen molar-refractivity contribution >= 4 is 34.3 Å². The number of ether oxygens (including phenoxy) is 3. The number of nitrogens with one attached hydrogen (secondary N) is 2. The van der Waals surface area contributed by atoms with Gasteiger partial charge in [-0.3, -0.25) is 4.79 Å². The van der Waals surface area contributed by atoms with Gasteiger partial charge in [0.1, 0.15) is 29.6 Å². The second-order valence-electron chi connectivity index (χ2n) is 8.63. The quantitative estimate of drug-likeness (QED) is 0.270. The maximum atomic E-state index is 14.1. The lowest BCUT2D eigenvalue weighted by atomic mass is 10.1. The van der Waals surface area contributed by atoms with Gasteiger partial charge < -0.3 is 29.4 Å². The van der Waals surface area contributed by atoms with E-state index in [1.54, 1.807) is 17.7 Å². The molecule has 0 aliphatic heterocycles. The molecule has 0 saturated heterocycles. The molecular formula is C28H28F2N4O5. The lowest BCUT2D eigenvalue weighted by Crippen LogP contribution is -2.20. The van der Waals surface area contributed by atoms with Gasteiger partial charge in [-0.1, -0.05) is 18.2 Å². The van der Waals surface area contributed by atoms with Crippen LogP contribution in [0.3, 0.4) is 0 Å². The highest BCUT2D eigenvalue weighted by molar-refractivity contribution is 6.11.